The van der Waals surface area contributed by atoms with Gasteiger partial charge in [0.1, 0.15) is 5.75 Å². The molecule has 0 unspecified atom stereocenters. The third-order valence-corrected chi connectivity index (χ3v) is 3.03. The lowest BCUT2D eigenvalue weighted by molar-refractivity contribution is 0.0697. The molecule has 0 aromatic heterocycles. The number of carbonyl (C=O) groups excluding carboxylic acids is 1. The Balaban J connectivity index is 2.63. The van der Waals surface area contributed by atoms with Crippen LogP contribution in [-0.2, 0) is 0 Å². The van der Waals surface area contributed by atoms with Crippen molar-refractivity contribution in [1.29, 1.82) is 0 Å². The lowest BCUT2D eigenvalue weighted by atomic mass is 10.00. The van der Waals surface area contributed by atoms with E-state index >= 15 is 0 Å². The van der Waals surface area contributed by atoms with E-state index in [9.17, 15) is 14.7 Å². The highest BCUT2D eigenvalue weighted by molar-refractivity contribution is 6.33. The minimum absolute atomic E-state index is 0.0601. The van der Waals surface area contributed by atoms with Crippen LogP contribution in [0.25, 0.3) is 11.1 Å². The highest BCUT2D eigenvalue weighted by Gasteiger charge is 2.13. The number of carboxylic acid groups (broad SMARTS) is 1. The fourth-order valence-electron chi connectivity index (χ4n) is 1.75. The Bertz CT molecular complexity index is 664. The fraction of sp³-hybridized carbons (Fsp3) is 0. The number of rotatable bonds is 3. The summed E-state index contributed by atoms with van der Waals surface area (Å²) in [7, 11) is 0. The van der Waals surface area contributed by atoms with Crippen molar-refractivity contribution in [1.82, 2.24) is 0 Å². The molecule has 5 heteroatoms. The number of benzene rings is 2. The van der Waals surface area contributed by atoms with Crippen LogP contribution in [0.5, 0.6) is 5.75 Å². The zero-order chi connectivity index (χ0) is 14.0. The lowest BCUT2D eigenvalue weighted by Gasteiger charge is -2.08. The smallest absolute Gasteiger partial charge is 0.337 e. The predicted molar refractivity (Wildman–Crippen MR) is 70.9 cm³/mol. The molecule has 19 heavy (non-hydrogen) atoms. The van der Waals surface area contributed by atoms with E-state index in [1.54, 1.807) is 18.2 Å². The Labute approximate surface area is 113 Å². The standard InChI is InChI=1S/C14H9ClO4/c15-12-5-4-8(6-11(12)14(18)19)10-3-1-2-9(7-16)13(10)17/h1-7,17H,(H,18,19). The average molecular weight is 277 g/mol. The van der Waals surface area contributed by atoms with Crippen molar-refractivity contribution in [3.8, 4) is 16.9 Å². The first-order valence-electron chi connectivity index (χ1n) is 5.35. The molecule has 4 nitrogen and oxygen atoms in total. The maximum absolute atomic E-state index is 11.0. The Morgan fingerprint density at radius 3 is 2.58 bits per heavy atom. The second-order valence-corrected chi connectivity index (χ2v) is 4.27. The third-order valence-electron chi connectivity index (χ3n) is 2.70. The first-order chi connectivity index (χ1) is 9.04. The van der Waals surface area contributed by atoms with Crippen LogP contribution in [0.1, 0.15) is 20.7 Å². The van der Waals surface area contributed by atoms with E-state index in [1.165, 1.54) is 18.2 Å². The van der Waals surface area contributed by atoms with Crippen LogP contribution in [0, 0.1) is 0 Å². The molecule has 0 aliphatic rings. The molecule has 0 fully saturated rings. The van der Waals surface area contributed by atoms with E-state index < -0.39 is 5.97 Å². The van der Waals surface area contributed by atoms with Gasteiger partial charge in [0.2, 0.25) is 0 Å². The first-order valence-corrected chi connectivity index (χ1v) is 5.72. The summed E-state index contributed by atoms with van der Waals surface area (Å²) in [4.78, 5) is 21.8. The second-order valence-electron chi connectivity index (χ2n) is 3.86. The van der Waals surface area contributed by atoms with E-state index in [1.807, 2.05) is 0 Å². The first kappa shape index (κ1) is 13.1. The van der Waals surface area contributed by atoms with E-state index in [4.69, 9.17) is 16.7 Å². The van der Waals surface area contributed by atoms with Gasteiger partial charge in [-0.1, -0.05) is 29.8 Å². The quantitative estimate of drug-likeness (QED) is 0.844. The van der Waals surface area contributed by atoms with Crippen molar-refractivity contribution < 1.29 is 19.8 Å². The molecule has 0 atom stereocenters. The van der Waals surface area contributed by atoms with E-state index in [-0.39, 0.29) is 21.9 Å². The van der Waals surface area contributed by atoms with E-state index in [0.717, 1.165) is 0 Å². The van der Waals surface area contributed by atoms with Crippen LogP contribution in [-0.4, -0.2) is 22.5 Å². The maximum Gasteiger partial charge on any atom is 0.337 e. The number of aldehydes is 1. The number of aromatic carboxylic acids is 1. The van der Waals surface area contributed by atoms with Gasteiger partial charge in [-0.05, 0) is 23.8 Å². The molecule has 0 spiro atoms. The van der Waals surface area contributed by atoms with Crippen LogP contribution < -0.4 is 0 Å². The molecule has 2 aromatic carbocycles. The average Bonchev–Trinajstić information content (AvgIpc) is 2.39. The number of aromatic hydroxyl groups is 1. The monoisotopic (exact) mass is 276 g/mol. The van der Waals surface area contributed by atoms with Gasteiger partial charge in [0.15, 0.2) is 6.29 Å². The molecule has 0 amide bonds. The van der Waals surface area contributed by atoms with Gasteiger partial charge in [-0.15, -0.1) is 0 Å². The van der Waals surface area contributed by atoms with Gasteiger partial charge in [0.05, 0.1) is 16.1 Å². The summed E-state index contributed by atoms with van der Waals surface area (Å²) in [6.45, 7) is 0. The number of carbonyl (C=O) groups is 2. The van der Waals surface area contributed by atoms with Crippen molar-refractivity contribution >= 4 is 23.9 Å². The van der Waals surface area contributed by atoms with Crippen molar-refractivity contribution in [2.24, 2.45) is 0 Å². The Hall–Kier alpha value is -2.33. The Morgan fingerprint density at radius 2 is 1.95 bits per heavy atom. The Morgan fingerprint density at radius 1 is 1.21 bits per heavy atom. The van der Waals surface area contributed by atoms with Crippen LogP contribution in [0.3, 0.4) is 0 Å². The van der Waals surface area contributed by atoms with Crippen molar-refractivity contribution in [2.75, 3.05) is 0 Å². The van der Waals surface area contributed by atoms with Gasteiger partial charge in [-0.25, -0.2) is 4.79 Å². The SMILES string of the molecule is O=Cc1cccc(-c2ccc(Cl)c(C(=O)O)c2)c1O. The van der Waals surface area contributed by atoms with Crippen molar-refractivity contribution in [3.05, 3.63) is 52.5 Å². The molecule has 2 N–H and O–H groups in total. The minimum Gasteiger partial charge on any atom is -0.507 e. The van der Waals surface area contributed by atoms with Crippen molar-refractivity contribution in [2.45, 2.75) is 0 Å². The summed E-state index contributed by atoms with van der Waals surface area (Å²) >= 11 is 5.78. The maximum atomic E-state index is 11.0. The summed E-state index contributed by atoms with van der Waals surface area (Å²) in [5, 5.41) is 19.0. The summed E-state index contributed by atoms with van der Waals surface area (Å²) in [6.07, 6.45) is 0.535. The number of halogens is 1. The van der Waals surface area contributed by atoms with Crippen molar-refractivity contribution in [3.63, 3.8) is 0 Å². The third kappa shape index (κ3) is 2.44. The molecule has 0 bridgehead atoms. The molecule has 0 saturated carbocycles. The van der Waals surface area contributed by atoms with Gasteiger partial charge in [-0.3, -0.25) is 4.79 Å². The zero-order valence-corrected chi connectivity index (χ0v) is 10.4. The zero-order valence-electron chi connectivity index (χ0n) is 9.63. The molecule has 2 aromatic rings. The second kappa shape index (κ2) is 5.12. The van der Waals surface area contributed by atoms with Gasteiger partial charge >= 0.3 is 5.97 Å². The van der Waals surface area contributed by atoms with Crippen LogP contribution in [0.4, 0.5) is 0 Å². The molecular weight excluding hydrogens is 268 g/mol. The Kier molecular flexibility index (Phi) is 3.53. The predicted octanol–water partition coefficient (Wildman–Crippen LogP) is 3.22. The molecule has 0 aliphatic heterocycles. The van der Waals surface area contributed by atoms with Gasteiger partial charge in [-0.2, -0.15) is 0 Å². The highest BCUT2D eigenvalue weighted by Crippen LogP contribution is 2.33. The molecule has 0 saturated heterocycles. The van der Waals surface area contributed by atoms with Crippen LogP contribution in [0.15, 0.2) is 36.4 Å². The van der Waals surface area contributed by atoms with Gasteiger partial charge < -0.3 is 10.2 Å². The van der Waals surface area contributed by atoms with E-state index in [2.05, 4.69) is 0 Å². The molecule has 2 rings (SSSR count). The number of carboxylic acids is 1. The topological polar surface area (TPSA) is 74.6 Å². The summed E-state index contributed by atoms with van der Waals surface area (Å²) in [5.41, 5.74) is 0.936. The number of phenols is 1. The summed E-state index contributed by atoms with van der Waals surface area (Å²) in [6, 6.07) is 9.05. The van der Waals surface area contributed by atoms with Gasteiger partial charge in [0.25, 0.3) is 0 Å². The lowest BCUT2D eigenvalue weighted by Crippen LogP contribution is -1.98. The van der Waals surface area contributed by atoms with Crippen LogP contribution >= 0.6 is 11.6 Å². The number of hydrogen-bond donors (Lipinski definition) is 2. The highest BCUT2D eigenvalue weighted by atomic mass is 35.5. The fourth-order valence-corrected chi connectivity index (χ4v) is 1.94. The minimum atomic E-state index is -1.15. The molecule has 0 aliphatic carbocycles. The van der Waals surface area contributed by atoms with E-state index in [0.29, 0.717) is 17.4 Å². The number of hydrogen-bond acceptors (Lipinski definition) is 3. The van der Waals surface area contributed by atoms with Crippen LogP contribution in [0.2, 0.25) is 5.02 Å². The largest absolute Gasteiger partial charge is 0.507 e. The molecule has 0 heterocycles. The number of phenolic OH excluding ortho intramolecular Hbond substituents is 1. The van der Waals surface area contributed by atoms with Gasteiger partial charge in [0, 0.05) is 5.56 Å². The summed E-state index contributed by atoms with van der Waals surface area (Å²) in [5.74, 6) is -1.34. The number of para-hydroxylation sites is 1. The molecule has 0 radical (unpaired) electrons. The normalized spacial score (nSPS) is 10.2. The molecular formula is C14H9ClO4. The molecule has 96 valence electrons. The summed E-state index contributed by atoms with van der Waals surface area (Å²) < 4.78 is 0.